The average molecular weight is 186 g/mol. The van der Waals surface area contributed by atoms with Gasteiger partial charge in [-0.25, -0.2) is 4.39 Å². The molecule has 0 amide bonds. The van der Waals surface area contributed by atoms with Crippen LogP contribution >= 0.6 is 0 Å². The van der Waals surface area contributed by atoms with Crippen molar-refractivity contribution in [1.82, 2.24) is 0 Å². The van der Waals surface area contributed by atoms with E-state index in [-0.39, 0.29) is 11.7 Å². The first-order valence-electron chi connectivity index (χ1n) is 5.43. The minimum absolute atomic E-state index is 0.0373. The molecule has 0 saturated heterocycles. The quantitative estimate of drug-likeness (QED) is 0.658. The molecule has 0 aromatic heterocycles. The highest BCUT2D eigenvalue weighted by atomic mass is 19.1. The molecule has 0 aromatic rings. The molecule has 1 aliphatic rings. The summed E-state index contributed by atoms with van der Waals surface area (Å²) >= 11 is 0. The predicted octanol–water partition coefficient (Wildman–Crippen LogP) is 3.27. The maximum Gasteiger partial charge on any atom is 0.169 e. The molecule has 0 spiro atoms. The highest BCUT2D eigenvalue weighted by Crippen LogP contribution is 2.26. The van der Waals surface area contributed by atoms with Crippen LogP contribution in [0, 0.1) is 5.92 Å². The second kappa shape index (κ2) is 5.36. The van der Waals surface area contributed by atoms with E-state index < -0.39 is 6.17 Å². The number of ketones is 1. The lowest BCUT2D eigenvalue weighted by Gasteiger charge is -2.21. The zero-order chi connectivity index (χ0) is 9.68. The van der Waals surface area contributed by atoms with E-state index in [1.807, 2.05) is 6.92 Å². The van der Waals surface area contributed by atoms with Gasteiger partial charge in [-0.1, -0.05) is 32.6 Å². The van der Waals surface area contributed by atoms with Crippen LogP contribution in [0.15, 0.2) is 0 Å². The van der Waals surface area contributed by atoms with Crippen LogP contribution in [-0.2, 0) is 4.79 Å². The minimum atomic E-state index is -1.19. The van der Waals surface area contributed by atoms with Gasteiger partial charge in [-0.2, -0.15) is 0 Å². The molecule has 0 bridgehead atoms. The number of carbonyl (C=O) groups is 1. The van der Waals surface area contributed by atoms with Crippen molar-refractivity contribution in [2.75, 3.05) is 0 Å². The molecule has 1 nitrogen and oxygen atoms in total. The second-order valence-electron chi connectivity index (χ2n) is 3.99. The molecular formula is C11H19FO. The third kappa shape index (κ3) is 3.09. The van der Waals surface area contributed by atoms with Crippen LogP contribution in [0.5, 0.6) is 0 Å². The Hall–Kier alpha value is -0.400. The number of Topliss-reactive ketones (excluding diaryl/α,β-unsaturated/α-hetero) is 1. The van der Waals surface area contributed by atoms with Gasteiger partial charge in [-0.3, -0.25) is 4.79 Å². The third-order valence-electron chi connectivity index (χ3n) is 2.86. The fourth-order valence-electron chi connectivity index (χ4n) is 2.04. The molecule has 1 unspecified atom stereocenters. The van der Waals surface area contributed by atoms with Crippen molar-refractivity contribution in [3.8, 4) is 0 Å². The molecule has 1 saturated carbocycles. The fourth-order valence-corrected chi connectivity index (χ4v) is 2.04. The van der Waals surface area contributed by atoms with Crippen LogP contribution in [-0.4, -0.2) is 12.0 Å². The Balaban J connectivity index is 2.36. The molecule has 0 heterocycles. The monoisotopic (exact) mass is 186 g/mol. The van der Waals surface area contributed by atoms with Gasteiger partial charge in [-0.05, 0) is 19.3 Å². The molecular weight excluding hydrogens is 167 g/mol. The molecule has 1 fully saturated rings. The van der Waals surface area contributed by atoms with Gasteiger partial charge in [0.15, 0.2) is 12.0 Å². The van der Waals surface area contributed by atoms with E-state index in [0.29, 0.717) is 6.42 Å². The Kier molecular flexibility index (Phi) is 4.40. The van der Waals surface area contributed by atoms with E-state index >= 15 is 0 Å². The Morgan fingerprint density at radius 3 is 2.54 bits per heavy atom. The molecule has 13 heavy (non-hydrogen) atoms. The maximum absolute atomic E-state index is 13.2. The van der Waals surface area contributed by atoms with E-state index in [4.69, 9.17) is 0 Å². The highest BCUT2D eigenvalue weighted by molar-refractivity contribution is 5.85. The van der Waals surface area contributed by atoms with Crippen LogP contribution in [0.2, 0.25) is 0 Å². The van der Waals surface area contributed by atoms with Gasteiger partial charge in [0.2, 0.25) is 0 Å². The first-order chi connectivity index (χ1) is 6.25. The van der Waals surface area contributed by atoms with E-state index in [1.165, 1.54) is 6.42 Å². The summed E-state index contributed by atoms with van der Waals surface area (Å²) in [5.74, 6) is -0.0863. The molecule has 0 aliphatic heterocycles. The first-order valence-corrected chi connectivity index (χ1v) is 5.43. The van der Waals surface area contributed by atoms with Gasteiger partial charge in [0.1, 0.15) is 0 Å². The summed E-state index contributed by atoms with van der Waals surface area (Å²) in [4.78, 5) is 11.5. The van der Waals surface area contributed by atoms with Gasteiger partial charge in [0.25, 0.3) is 0 Å². The Bertz CT molecular complexity index is 161. The molecule has 0 N–H and O–H groups in total. The Morgan fingerprint density at radius 1 is 1.38 bits per heavy atom. The summed E-state index contributed by atoms with van der Waals surface area (Å²) in [7, 11) is 0. The Morgan fingerprint density at radius 2 is 2.00 bits per heavy atom. The van der Waals surface area contributed by atoms with Gasteiger partial charge in [0.05, 0.1) is 0 Å². The molecule has 1 aliphatic carbocycles. The largest absolute Gasteiger partial charge is 0.296 e. The maximum atomic E-state index is 13.2. The van der Waals surface area contributed by atoms with Crippen molar-refractivity contribution in [3.63, 3.8) is 0 Å². The van der Waals surface area contributed by atoms with Crippen molar-refractivity contribution in [3.05, 3.63) is 0 Å². The predicted molar refractivity (Wildman–Crippen MR) is 51.4 cm³/mol. The minimum Gasteiger partial charge on any atom is -0.296 e. The number of rotatable bonds is 4. The third-order valence-corrected chi connectivity index (χ3v) is 2.86. The van der Waals surface area contributed by atoms with Crippen LogP contribution in [0.25, 0.3) is 0 Å². The molecule has 0 aromatic carbocycles. The van der Waals surface area contributed by atoms with Gasteiger partial charge in [0, 0.05) is 5.92 Å². The summed E-state index contributed by atoms with van der Waals surface area (Å²) < 4.78 is 13.2. The normalized spacial score (nSPS) is 21.4. The average Bonchev–Trinajstić information content (AvgIpc) is 2.18. The molecule has 0 radical (unpaired) electrons. The van der Waals surface area contributed by atoms with E-state index in [1.54, 1.807) is 0 Å². The van der Waals surface area contributed by atoms with Crippen molar-refractivity contribution < 1.29 is 9.18 Å². The SMILES string of the molecule is CCCC(F)C(=O)C1CCCCC1. The number of alkyl halides is 1. The molecule has 76 valence electrons. The topological polar surface area (TPSA) is 17.1 Å². The van der Waals surface area contributed by atoms with Crippen LogP contribution in [0.4, 0.5) is 4.39 Å². The summed E-state index contributed by atoms with van der Waals surface area (Å²) in [5.41, 5.74) is 0. The van der Waals surface area contributed by atoms with Crippen molar-refractivity contribution in [2.45, 2.75) is 58.0 Å². The lowest BCUT2D eigenvalue weighted by atomic mass is 9.84. The standard InChI is InChI=1S/C11H19FO/c1-2-6-10(12)11(13)9-7-4-3-5-8-9/h9-10H,2-8H2,1H3. The van der Waals surface area contributed by atoms with E-state index in [2.05, 4.69) is 0 Å². The first kappa shape index (κ1) is 10.7. The van der Waals surface area contributed by atoms with Crippen LogP contribution in [0.3, 0.4) is 0 Å². The van der Waals surface area contributed by atoms with Gasteiger partial charge in [-0.15, -0.1) is 0 Å². The van der Waals surface area contributed by atoms with E-state index in [9.17, 15) is 9.18 Å². The Labute approximate surface area is 79.7 Å². The summed E-state index contributed by atoms with van der Waals surface area (Å²) in [6.07, 6.45) is 5.26. The van der Waals surface area contributed by atoms with E-state index in [0.717, 1.165) is 32.1 Å². The zero-order valence-corrected chi connectivity index (χ0v) is 8.39. The lowest BCUT2D eigenvalue weighted by Crippen LogP contribution is -2.26. The van der Waals surface area contributed by atoms with Gasteiger partial charge >= 0.3 is 0 Å². The second-order valence-corrected chi connectivity index (χ2v) is 3.99. The van der Waals surface area contributed by atoms with Crippen LogP contribution in [0.1, 0.15) is 51.9 Å². The fraction of sp³-hybridized carbons (Fsp3) is 0.909. The van der Waals surface area contributed by atoms with Crippen molar-refractivity contribution in [2.24, 2.45) is 5.92 Å². The number of halogens is 1. The van der Waals surface area contributed by atoms with Crippen molar-refractivity contribution in [1.29, 1.82) is 0 Å². The van der Waals surface area contributed by atoms with Crippen molar-refractivity contribution >= 4 is 5.78 Å². The zero-order valence-electron chi connectivity index (χ0n) is 8.39. The smallest absolute Gasteiger partial charge is 0.169 e. The van der Waals surface area contributed by atoms with Crippen LogP contribution < -0.4 is 0 Å². The molecule has 1 rings (SSSR count). The lowest BCUT2D eigenvalue weighted by molar-refractivity contribution is -0.129. The molecule has 2 heteroatoms. The summed E-state index contributed by atoms with van der Waals surface area (Å²) in [6.45, 7) is 1.92. The molecule has 1 atom stereocenters. The number of hydrogen-bond acceptors (Lipinski definition) is 1. The highest BCUT2D eigenvalue weighted by Gasteiger charge is 2.27. The summed E-state index contributed by atoms with van der Waals surface area (Å²) in [5, 5.41) is 0. The van der Waals surface area contributed by atoms with Gasteiger partial charge < -0.3 is 0 Å². The summed E-state index contributed by atoms with van der Waals surface area (Å²) in [6, 6.07) is 0. The number of carbonyl (C=O) groups excluding carboxylic acids is 1. The number of hydrogen-bond donors (Lipinski definition) is 0.